The van der Waals surface area contributed by atoms with Gasteiger partial charge in [0.1, 0.15) is 0 Å². The zero-order valence-electron chi connectivity index (χ0n) is 11.3. The van der Waals surface area contributed by atoms with E-state index < -0.39 is 11.7 Å². The van der Waals surface area contributed by atoms with E-state index >= 15 is 0 Å². The lowest BCUT2D eigenvalue weighted by Gasteiger charge is -2.27. The Morgan fingerprint density at radius 2 is 2.18 bits per heavy atom. The van der Waals surface area contributed by atoms with Crippen LogP contribution in [0.4, 0.5) is 19.0 Å². The number of aromatic nitrogens is 1. The highest BCUT2D eigenvalue weighted by atomic mass is 19.4. The van der Waals surface area contributed by atoms with Gasteiger partial charge in [-0.25, -0.2) is 0 Å². The Kier molecular flexibility index (Phi) is 3.65. The fourth-order valence-corrected chi connectivity index (χ4v) is 2.08. The Balaban J connectivity index is 1.71. The molecule has 2 heterocycles. The first kappa shape index (κ1) is 14.6. The van der Waals surface area contributed by atoms with Crippen LogP contribution in [0.5, 0.6) is 0 Å². The molecule has 1 amide bonds. The molecule has 0 aliphatic carbocycles. The summed E-state index contributed by atoms with van der Waals surface area (Å²) in [6.07, 6.45) is -4.45. The number of anilines is 1. The molecule has 22 heavy (non-hydrogen) atoms. The molecule has 3 N–H and O–H groups in total. The number of fused-ring (bicyclic) bond motifs is 1. The molecule has 0 unspecified atom stereocenters. The first-order valence-electron chi connectivity index (χ1n) is 6.64. The van der Waals surface area contributed by atoms with E-state index in [0.717, 1.165) is 12.1 Å². The molecular formula is C13H13F3N4O2. The van der Waals surface area contributed by atoms with Crippen molar-refractivity contribution in [3.05, 3.63) is 23.8 Å². The maximum atomic E-state index is 12.7. The first-order valence-corrected chi connectivity index (χ1v) is 6.64. The number of hydrogen-bond donors (Lipinski definition) is 3. The number of rotatable bonds is 4. The number of carbonyl (C=O) groups is 1. The molecular weight excluding hydrogens is 301 g/mol. The second-order valence-corrected chi connectivity index (χ2v) is 5.02. The normalized spacial score (nSPS) is 15.6. The molecule has 6 nitrogen and oxygen atoms in total. The molecule has 118 valence electrons. The Morgan fingerprint density at radius 1 is 1.41 bits per heavy atom. The number of nitrogens with one attached hydrogen (secondary N) is 3. The zero-order valence-corrected chi connectivity index (χ0v) is 11.3. The molecule has 1 aliphatic rings. The van der Waals surface area contributed by atoms with Crippen molar-refractivity contribution >= 4 is 22.7 Å². The van der Waals surface area contributed by atoms with Crippen LogP contribution in [0.3, 0.4) is 0 Å². The van der Waals surface area contributed by atoms with E-state index in [0.29, 0.717) is 13.1 Å². The van der Waals surface area contributed by atoms with E-state index in [1.165, 1.54) is 6.07 Å². The topological polar surface area (TPSA) is 79.2 Å². The van der Waals surface area contributed by atoms with E-state index in [4.69, 9.17) is 4.52 Å². The predicted octanol–water partition coefficient (Wildman–Crippen LogP) is 1.35. The summed E-state index contributed by atoms with van der Waals surface area (Å²) in [4.78, 5) is 11.7. The number of halogens is 3. The molecule has 0 radical (unpaired) electrons. The van der Waals surface area contributed by atoms with Crippen molar-refractivity contribution in [1.29, 1.82) is 0 Å². The summed E-state index contributed by atoms with van der Waals surface area (Å²) in [6, 6.07) is 3.17. The fourth-order valence-electron chi connectivity index (χ4n) is 2.08. The quantitative estimate of drug-likeness (QED) is 0.794. The predicted molar refractivity (Wildman–Crippen MR) is 72.3 cm³/mol. The van der Waals surface area contributed by atoms with Gasteiger partial charge < -0.3 is 20.5 Å². The van der Waals surface area contributed by atoms with Crippen molar-refractivity contribution in [3.63, 3.8) is 0 Å². The lowest BCUT2D eigenvalue weighted by molar-refractivity contribution is -0.137. The van der Waals surface area contributed by atoms with E-state index in [-0.39, 0.29) is 35.3 Å². The number of hydrogen-bond acceptors (Lipinski definition) is 5. The highest BCUT2D eigenvalue weighted by Gasteiger charge is 2.31. The highest BCUT2D eigenvalue weighted by molar-refractivity contribution is 5.90. The Bertz CT molecular complexity index is 694. The second-order valence-electron chi connectivity index (χ2n) is 5.02. The van der Waals surface area contributed by atoms with Crippen molar-refractivity contribution in [2.45, 2.75) is 12.2 Å². The smallest absolute Gasteiger partial charge is 0.358 e. The van der Waals surface area contributed by atoms with Crippen LogP contribution in [0.1, 0.15) is 5.56 Å². The third kappa shape index (κ3) is 2.98. The largest absolute Gasteiger partial charge is 0.416 e. The molecule has 1 fully saturated rings. The Labute approximate surface area is 123 Å². The molecule has 3 rings (SSSR count). The number of nitrogens with zero attached hydrogens (tertiary/aromatic N) is 1. The maximum Gasteiger partial charge on any atom is 0.416 e. The summed E-state index contributed by atoms with van der Waals surface area (Å²) in [5.74, 6) is -0.141. The van der Waals surface area contributed by atoms with Crippen molar-refractivity contribution in [1.82, 2.24) is 15.8 Å². The zero-order chi connectivity index (χ0) is 15.7. The second kappa shape index (κ2) is 5.48. The standard InChI is InChI=1S/C13H13F3N4O2/c14-13(15,16)7-1-2-10-9(3-7)12(20-22-10)18-6-11(21)19-8-4-17-5-8/h1-3,8,17H,4-6H2,(H,18,20)(H,19,21). The number of carbonyl (C=O) groups excluding carboxylic acids is 1. The highest BCUT2D eigenvalue weighted by Crippen LogP contribution is 2.33. The minimum Gasteiger partial charge on any atom is -0.358 e. The molecule has 0 saturated carbocycles. The first-order chi connectivity index (χ1) is 10.4. The number of alkyl halides is 3. The molecule has 2 aromatic rings. The molecule has 0 spiro atoms. The summed E-state index contributed by atoms with van der Waals surface area (Å²) < 4.78 is 43.1. The average Bonchev–Trinajstić information content (AvgIpc) is 2.82. The van der Waals surface area contributed by atoms with E-state index in [9.17, 15) is 18.0 Å². The van der Waals surface area contributed by atoms with E-state index in [1.807, 2.05) is 0 Å². The van der Waals surface area contributed by atoms with Crippen LogP contribution < -0.4 is 16.0 Å². The van der Waals surface area contributed by atoms with E-state index in [1.54, 1.807) is 0 Å². The Hall–Kier alpha value is -2.29. The lowest BCUT2D eigenvalue weighted by Crippen LogP contribution is -2.57. The van der Waals surface area contributed by atoms with Crippen molar-refractivity contribution in [2.75, 3.05) is 25.0 Å². The third-order valence-corrected chi connectivity index (χ3v) is 3.36. The number of amides is 1. The minimum absolute atomic E-state index is 0.0889. The molecule has 0 bridgehead atoms. The summed E-state index contributed by atoms with van der Waals surface area (Å²) in [7, 11) is 0. The van der Waals surface area contributed by atoms with E-state index in [2.05, 4.69) is 21.1 Å². The van der Waals surface area contributed by atoms with Crippen molar-refractivity contribution in [2.24, 2.45) is 0 Å². The van der Waals surface area contributed by atoms with Crippen LogP contribution in [-0.2, 0) is 11.0 Å². The van der Waals surface area contributed by atoms with Gasteiger partial charge in [-0.2, -0.15) is 13.2 Å². The summed E-state index contributed by atoms with van der Waals surface area (Å²) in [6.45, 7) is 1.34. The Morgan fingerprint density at radius 3 is 2.82 bits per heavy atom. The monoisotopic (exact) mass is 314 g/mol. The third-order valence-electron chi connectivity index (χ3n) is 3.36. The van der Waals surface area contributed by atoms with Crippen LogP contribution >= 0.6 is 0 Å². The fraction of sp³-hybridized carbons (Fsp3) is 0.385. The molecule has 1 aliphatic heterocycles. The maximum absolute atomic E-state index is 12.7. The summed E-state index contributed by atoms with van der Waals surface area (Å²) >= 11 is 0. The summed E-state index contributed by atoms with van der Waals surface area (Å²) in [5, 5.41) is 12.3. The average molecular weight is 314 g/mol. The number of benzene rings is 1. The van der Waals surface area contributed by atoms with Gasteiger partial charge in [-0.3, -0.25) is 4.79 Å². The van der Waals surface area contributed by atoms with Crippen molar-refractivity contribution in [3.8, 4) is 0 Å². The molecule has 1 aromatic heterocycles. The van der Waals surface area contributed by atoms with Gasteiger partial charge in [0.05, 0.1) is 23.5 Å². The van der Waals surface area contributed by atoms with Gasteiger partial charge in [0.25, 0.3) is 0 Å². The van der Waals surface area contributed by atoms with Gasteiger partial charge >= 0.3 is 6.18 Å². The van der Waals surface area contributed by atoms with Crippen LogP contribution in [-0.4, -0.2) is 36.7 Å². The van der Waals surface area contributed by atoms with Crippen LogP contribution in [0.15, 0.2) is 22.7 Å². The van der Waals surface area contributed by atoms with Gasteiger partial charge in [-0.05, 0) is 18.2 Å². The van der Waals surface area contributed by atoms with Crippen LogP contribution in [0, 0.1) is 0 Å². The molecule has 1 saturated heterocycles. The van der Waals surface area contributed by atoms with Crippen LogP contribution in [0.25, 0.3) is 11.0 Å². The molecule has 1 aromatic carbocycles. The van der Waals surface area contributed by atoms with Gasteiger partial charge in [0.15, 0.2) is 11.4 Å². The van der Waals surface area contributed by atoms with Gasteiger partial charge in [-0.15, -0.1) is 0 Å². The molecule has 9 heteroatoms. The van der Waals surface area contributed by atoms with Crippen molar-refractivity contribution < 1.29 is 22.5 Å². The minimum atomic E-state index is -4.45. The lowest BCUT2D eigenvalue weighted by atomic mass is 10.1. The SMILES string of the molecule is O=C(CNc1noc2ccc(C(F)(F)F)cc12)NC1CNC1. The van der Waals surface area contributed by atoms with Gasteiger partial charge in [-0.1, -0.05) is 5.16 Å². The van der Waals surface area contributed by atoms with Gasteiger partial charge in [0.2, 0.25) is 5.91 Å². The van der Waals surface area contributed by atoms with Crippen LogP contribution in [0.2, 0.25) is 0 Å². The van der Waals surface area contributed by atoms with Gasteiger partial charge in [0, 0.05) is 13.1 Å². The molecule has 0 atom stereocenters. The summed E-state index contributed by atoms with van der Waals surface area (Å²) in [5.41, 5.74) is -0.574.